The highest BCUT2D eigenvalue weighted by molar-refractivity contribution is 6.31. The summed E-state index contributed by atoms with van der Waals surface area (Å²) < 4.78 is 0. The maximum absolute atomic E-state index is 11.7. The maximum Gasteiger partial charge on any atom is 0.257 e. The van der Waals surface area contributed by atoms with Crippen molar-refractivity contribution in [2.75, 3.05) is 19.4 Å². The minimum absolute atomic E-state index is 0.0204. The van der Waals surface area contributed by atoms with Crippen LogP contribution in [0, 0.1) is 6.92 Å². The molecule has 3 heteroatoms. The molecule has 0 fully saturated rings. The van der Waals surface area contributed by atoms with Gasteiger partial charge in [-0.25, -0.2) is 0 Å². The lowest BCUT2D eigenvalue weighted by atomic mass is 10.0. The van der Waals surface area contributed by atoms with E-state index in [2.05, 4.69) is 5.32 Å². The van der Waals surface area contributed by atoms with Gasteiger partial charge in [0.1, 0.15) is 0 Å². The zero-order chi connectivity index (χ0) is 11.0. The molecule has 0 aliphatic carbocycles. The first-order valence-corrected chi connectivity index (χ1v) is 4.89. The van der Waals surface area contributed by atoms with Crippen LogP contribution in [-0.4, -0.2) is 24.9 Å². The zero-order valence-corrected chi connectivity index (χ0v) is 9.16. The van der Waals surface area contributed by atoms with Gasteiger partial charge in [-0.2, -0.15) is 0 Å². The van der Waals surface area contributed by atoms with Crippen LogP contribution in [0.2, 0.25) is 0 Å². The van der Waals surface area contributed by atoms with Crippen molar-refractivity contribution in [1.82, 2.24) is 4.90 Å². The monoisotopic (exact) mass is 202 g/mol. The van der Waals surface area contributed by atoms with Crippen molar-refractivity contribution >= 4 is 17.2 Å². The molecule has 0 unspecified atom stereocenters. The molecule has 15 heavy (non-hydrogen) atoms. The lowest BCUT2D eigenvalue weighted by Crippen LogP contribution is -2.08. The fourth-order valence-electron chi connectivity index (χ4n) is 1.81. The van der Waals surface area contributed by atoms with Crippen LogP contribution < -0.4 is 5.32 Å². The molecule has 78 valence electrons. The van der Waals surface area contributed by atoms with Crippen LogP contribution in [0.25, 0.3) is 5.57 Å². The third-order valence-corrected chi connectivity index (χ3v) is 2.42. The summed E-state index contributed by atoms with van der Waals surface area (Å²) in [6.45, 7) is 2.02. The minimum Gasteiger partial charge on any atom is -0.383 e. The van der Waals surface area contributed by atoms with Crippen LogP contribution in [0.3, 0.4) is 0 Å². The Hall–Kier alpha value is -1.77. The molecule has 1 aliphatic heterocycles. The molecule has 0 saturated heterocycles. The number of hydrogen-bond donors (Lipinski definition) is 1. The number of anilines is 1. The minimum atomic E-state index is -0.0204. The van der Waals surface area contributed by atoms with Crippen LogP contribution in [0.15, 0.2) is 24.4 Å². The topological polar surface area (TPSA) is 32.3 Å². The molecule has 1 heterocycles. The molecule has 1 N–H and O–H groups in total. The summed E-state index contributed by atoms with van der Waals surface area (Å²) in [6.07, 6.45) is 1.86. The van der Waals surface area contributed by atoms with E-state index >= 15 is 0 Å². The molecule has 1 aliphatic rings. The molecule has 0 bridgehead atoms. The molecule has 0 aromatic heterocycles. The van der Waals surface area contributed by atoms with Crippen molar-refractivity contribution in [3.05, 3.63) is 35.5 Å². The van der Waals surface area contributed by atoms with Gasteiger partial charge in [-0.3, -0.25) is 4.79 Å². The van der Waals surface area contributed by atoms with Gasteiger partial charge in [0.15, 0.2) is 0 Å². The lowest BCUT2D eigenvalue weighted by Gasteiger charge is -2.07. The summed E-state index contributed by atoms with van der Waals surface area (Å²) in [7, 11) is 3.83. The van der Waals surface area contributed by atoms with Crippen molar-refractivity contribution < 1.29 is 4.79 Å². The summed E-state index contributed by atoms with van der Waals surface area (Å²) in [5.74, 6) is -0.0204. The summed E-state index contributed by atoms with van der Waals surface area (Å²) in [4.78, 5) is 13.6. The molecule has 0 atom stereocenters. The van der Waals surface area contributed by atoms with Gasteiger partial charge < -0.3 is 10.2 Å². The van der Waals surface area contributed by atoms with Gasteiger partial charge in [0.05, 0.1) is 5.57 Å². The van der Waals surface area contributed by atoms with E-state index in [1.54, 1.807) is 0 Å². The number of benzene rings is 1. The van der Waals surface area contributed by atoms with Gasteiger partial charge in [-0.15, -0.1) is 0 Å². The number of rotatable bonds is 1. The fraction of sp³-hybridized carbons (Fsp3) is 0.250. The number of nitrogens with one attached hydrogen (secondary N) is 1. The number of amides is 1. The first-order valence-electron chi connectivity index (χ1n) is 4.89. The summed E-state index contributed by atoms with van der Waals surface area (Å²) in [5.41, 5.74) is 3.80. The average Bonchev–Trinajstić information content (AvgIpc) is 2.43. The van der Waals surface area contributed by atoms with Gasteiger partial charge in [0, 0.05) is 31.5 Å². The smallest absolute Gasteiger partial charge is 0.257 e. The highest BCUT2D eigenvalue weighted by Crippen LogP contribution is 2.33. The largest absolute Gasteiger partial charge is 0.383 e. The summed E-state index contributed by atoms with van der Waals surface area (Å²) >= 11 is 0. The average molecular weight is 202 g/mol. The van der Waals surface area contributed by atoms with Crippen LogP contribution in [0.1, 0.15) is 11.1 Å². The number of carbonyl (C=O) groups excluding carboxylic acids is 1. The van der Waals surface area contributed by atoms with E-state index in [1.165, 1.54) is 0 Å². The Kier molecular flexibility index (Phi) is 2.23. The van der Waals surface area contributed by atoms with Crippen molar-refractivity contribution in [2.24, 2.45) is 0 Å². The summed E-state index contributed by atoms with van der Waals surface area (Å²) in [5, 5.41) is 2.86. The van der Waals surface area contributed by atoms with Gasteiger partial charge in [-0.05, 0) is 18.6 Å². The highest BCUT2D eigenvalue weighted by atomic mass is 16.2. The number of carbonyl (C=O) groups is 1. The molecule has 0 spiro atoms. The van der Waals surface area contributed by atoms with Crippen molar-refractivity contribution in [1.29, 1.82) is 0 Å². The Morgan fingerprint density at radius 2 is 2.07 bits per heavy atom. The standard InChI is InChI=1S/C12H14N2O/c1-8-5-4-6-10-11(8)9(7-14(2)3)12(15)13-10/h4-7H,1-3H3,(H,13,15)/b9-7-. The number of hydrogen-bond acceptors (Lipinski definition) is 2. The third kappa shape index (κ3) is 1.61. The molecular formula is C12H14N2O. The first kappa shape index (κ1) is 9.77. The molecular weight excluding hydrogens is 188 g/mol. The second-order valence-electron chi connectivity index (χ2n) is 3.96. The van der Waals surface area contributed by atoms with Gasteiger partial charge in [-0.1, -0.05) is 12.1 Å². The highest BCUT2D eigenvalue weighted by Gasteiger charge is 2.25. The van der Waals surface area contributed by atoms with E-state index in [-0.39, 0.29) is 5.91 Å². The molecule has 3 nitrogen and oxygen atoms in total. The Bertz CT molecular complexity index is 447. The predicted octanol–water partition coefficient (Wildman–Crippen LogP) is 1.85. The van der Waals surface area contributed by atoms with Crippen molar-refractivity contribution in [2.45, 2.75) is 6.92 Å². The second-order valence-corrected chi connectivity index (χ2v) is 3.96. The van der Waals surface area contributed by atoms with E-state index in [0.29, 0.717) is 0 Å². The maximum atomic E-state index is 11.7. The van der Waals surface area contributed by atoms with E-state index in [9.17, 15) is 4.79 Å². The SMILES string of the molecule is Cc1cccc2c1/C(=C/N(C)C)C(=O)N2. The zero-order valence-electron chi connectivity index (χ0n) is 9.16. The van der Waals surface area contributed by atoms with Crippen molar-refractivity contribution in [3.63, 3.8) is 0 Å². The van der Waals surface area contributed by atoms with Gasteiger partial charge in [0.2, 0.25) is 0 Å². The second kappa shape index (κ2) is 3.42. The number of fused-ring (bicyclic) bond motifs is 1. The van der Waals surface area contributed by atoms with E-state index in [4.69, 9.17) is 0 Å². The van der Waals surface area contributed by atoms with Gasteiger partial charge >= 0.3 is 0 Å². The van der Waals surface area contributed by atoms with Crippen LogP contribution in [0.4, 0.5) is 5.69 Å². The Morgan fingerprint density at radius 3 is 2.73 bits per heavy atom. The first-order chi connectivity index (χ1) is 7.09. The molecule has 0 radical (unpaired) electrons. The van der Waals surface area contributed by atoms with Crippen molar-refractivity contribution in [3.8, 4) is 0 Å². The molecule has 1 aromatic carbocycles. The number of nitrogens with zero attached hydrogens (tertiary/aromatic N) is 1. The Balaban J connectivity index is 2.58. The summed E-state index contributed by atoms with van der Waals surface area (Å²) in [6, 6.07) is 5.90. The van der Waals surface area contributed by atoms with E-state index < -0.39 is 0 Å². The number of aryl methyl sites for hydroxylation is 1. The quantitative estimate of drug-likeness (QED) is 0.705. The molecule has 0 saturated carbocycles. The molecule has 2 rings (SSSR count). The van der Waals surface area contributed by atoms with E-state index in [1.807, 2.05) is 50.3 Å². The molecule has 1 amide bonds. The normalized spacial score (nSPS) is 16.5. The molecule has 1 aromatic rings. The third-order valence-electron chi connectivity index (χ3n) is 2.42. The van der Waals surface area contributed by atoms with Gasteiger partial charge in [0.25, 0.3) is 5.91 Å². The lowest BCUT2D eigenvalue weighted by molar-refractivity contribution is -0.110. The Labute approximate surface area is 89.4 Å². The van der Waals surface area contributed by atoms with Crippen LogP contribution in [-0.2, 0) is 4.79 Å². The van der Waals surface area contributed by atoms with Crippen LogP contribution >= 0.6 is 0 Å². The fourth-order valence-corrected chi connectivity index (χ4v) is 1.81. The Morgan fingerprint density at radius 1 is 1.33 bits per heavy atom. The predicted molar refractivity (Wildman–Crippen MR) is 61.5 cm³/mol. The van der Waals surface area contributed by atoms with Crippen LogP contribution in [0.5, 0.6) is 0 Å². The van der Waals surface area contributed by atoms with E-state index in [0.717, 1.165) is 22.4 Å².